The first-order chi connectivity index (χ1) is 8.56. The van der Waals surface area contributed by atoms with E-state index in [-0.39, 0.29) is 11.8 Å². The summed E-state index contributed by atoms with van der Waals surface area (Å²) in [6, 6.07) is 6.56. The molecule has 5 nitrogen and oxygen atoms in total. The monoisotopic (exact) mass is 247 g/mol. The number of nitrogens with one attached hydrogen (secondary N) is 2. The van der Waals surface area contributed by atoms with Crippen molar-refractivity contribution in [3.05, 3.63) is 29.8 Å². The zero-order valence-electron chi connectivity index (χ0n) is 10.3. The maximum absolute atomic E-state index is 11.7. The summed E-state index contributed by atoms with van der Waals surface area (Å²) >= 11 is 0. The molecule has 96 valence electrons. The van der Waals surface area contributed by atoms with Crippen molar-refractivity contribution in [1.29, 1.82) is 0 Å². The molecule has 18 heavy (non-hydrogen) atoms. The van der Waals surface area contributed by atoms with Gasteiger partial charge < -0.3 is 16.4 Å². The smallest absolute Gasteiger partial charge is 0.251 e. The van der Waals surface area contributed by atoms with Crippen molar-refractivity contribution in [3.8, 4) is 0 Å². The van der Waals surface area contributed by atoms with Crippen LogP contribution in [0.25, 0.3) is 0 Å². The molecule has 0 unspecified atom stereocenters. The minimum absolute atomic E-state index is 0.0671. The van der Waals surface area contributed by atoms with E-state index in [1.165, 1.54) is 0 Å². The number of rotatable bonds is 4. The van der Waals surface area contributed by atoms with Gasteiger partial charge in [0.1, 0.15) is 0 Å². The van der Waals surface area contributed by atoms with Gasteiger partial charge in [0.15, 0.2) is 0 Å². The van der Waals surface area contributed by atoms with Crippen molar-refractivity contribution < 1.29 is 9.59 Å². The van der Waals surface area contributed by atoms with Crippen LogP contribution < -0.4 is 16.4 Å². The molecular weight excluding hydrogens is 230 g/mol. The van der Waals surface area contributed by atoms with Gasteiger partial charge in [0.25, 0.3) is 5.91 Å². The van der Waals surface area contributed by atoms with E-state index < -0.39 is 6.04 Å². The minimum atomic E-state index is -0.553. The van der Waals surface area contributed by atoms with Gasteiger partial charge in [-0.2, -0.15) is 0 Å². The van der Waals surface area contributed by atoms with Crippen LogP contribution in [0.15, 0.2) is 24.3 Å². The number of hydrogen-bond donors (Lipinski definition) is 3. The lowest BCUT2D eigenvalue weighted by Gasteiger charge is -2.08. The second-order valence-electron chi connectivity index (χ2n) is 4.60. The molecular formula is C13H17N3O2. The Kier molecular flexibility index (Phi) is 3.62. The van der Waals surface area contributed by atoms with Gasteiger partial charge in [-0.3, -0.25) is 9.59 Å². The predicted octanol–water partition coefficient (Wildman–Crippen LogP) is 0.864. The highest BCUT2D eigenvalue weighted by molar-refractivity contribution is 5.97. The average molecular weight is 247 g/mol. The molecule has 0 spiro atoms. The number of anilines is 1. The van der Waals surface area contributed by atoms with Gasteiger partial charge in [-0.15, -0.1) is 0 Å². The quantitative estimate of drug-likeness (QED) is 0.738. The number of carbonyl (C=O) groups is 2. The Morgan fingerprint density at radius 1 is 1.28 bits per heavy atom. The summed E-state index contributed by atoms with van der Waals surface area (Å²) in [5, 5.41) is 5.57. The fraction of sp³-hybridized carbons (Fsp3) is 0.385. The Hall–Kier alpha value is -1.88. The standard InChI is InChI=1S/C13H17N3O2/c1-8(14)12(17)15-10-4-2-9(3-5-10)13(18)16-11-6-7-11/h2-5,8,11H,6-7,14H2,1H3,(H,15,17)(H,16,18)/t8-/m0/s1. The predicted molar refractivity (Wildman–Crippen MR) is 69.2 cm³/mol. The molecule has 1 aromatic carbocycles. The lowest BCUT2D eigenvalue weighted by atomic mass is 10.2. The molecule has 0 heterocycles. The Balaban J connectivity index is 1.96. The summed E-state index contributed by atoms with van der Waals surface area (Å²) in [5.74, 6) is -0.312. The van der Waals surface area contributed by atoms with Gasteiger partial charge in [-0.05, 0) is 44.0 Å². The van der Waals surface area contributed by atoms with Crippen LogP contribution >= 0.6 is 0 Å². The fourth-order valence-electron chi connectivity index (χ4n) is 1.46. The Morgan fingerprint density at radius 2 is 1.89 bits per heavy atom. The molecule has 2 amide bonds. The Labute approximate surface area is 106 Å². The van der Waals surface area contributed by atoms with E-state index in [1.54, 1.807) is 31.2 Å². The SMILES string of the molecule is C[C@H](N)C(=O)Nc1ccc(C(=O)NC2CC2)cc1. The molecule has 2 rings (SSSR count). The molecule has 1 saturated carbocycles. The number of amides is 2. The van der Waals surface area contributed by atoms with Gasteiger partial charge in [0.05, 0.1) is 6.04 Å². The van der Waals surface area contributed by atoms with Crippen LogP contribution in [0.1, 0.15) is 30.1 Å². The van der Waals surface area contributed by atoms with Crippen LogP contribution in [0.5, 0.6) is 0 Å². The van der Waals surface area contributed by atoms with Crippen molar-refractivity contribution >= 4 is 17.5 Å². The molecule has 1 atom stereocenters. The van der Waals surface area contributed by atoms with Crippen LogP contribution in [-0.4, -0.2) is 23.9 Å². The summed E-state index contributed by atoms with van der Waals surface area (Å²) in [4.78, 5) is 23.1. The maximum Gasteiger partial charge on any atom is 0.251 e. The molecule has 1 aromatic rings. The van der Waals surface area contributed by atoms with Crippen molar-refractivity contribution in [2.24, 2.45) is 5.73 Å². The topological polar surface area (TPSA) is 84.2 Å². The van der Waals surface area contributed by atoms with Gasteiger partial charge in [0, 0.05) is 17.3 Å². The molecule has 5 heteroatoms. The molecule has 0 radical (unpaired) electrons. The first-order valence-electron chi connectivity index (χ1n) is 6.03. The molecule has 1 aliphatic carbocycles. The van der Waals surface area contributed by atoms with E-state index >= 15 is 0 Å². The second-order valence-corrected chi connectivity index (χ2v) is 4.60. The fourth-order valence-corrected chi connectivity index (χ4v) is 1.46. The van der Waals surface area contributed by atoms with Crippen molar-refractivity contribution in [2.45, 2.75) is 31.8 Å². The van der Waals surface area contributed by atoms with E-state index in [0.29, 0.717) is 17.3 Å². The number of benzene rings is 1. The van der Waals surface area contributed by atoms with Crippen LogP contribution in [0.4, 0.5) is 5.69 Å². The lowest BCUT2D eigenvalue weighted by Crippen LogP contribution is -2.32. The first-order valence-corrected chi connectivity index (χ1v) is 6.03. The Morgan fingerprint density at radius 3 is 2.39 bits per heavy atom. The van der Waals surface area contributed by atoms with Crippen molar-refractivity contribution in [1.82, 2.24) is 5.32 Å². The summed E-state index contributed by atoms with van der Waals surface area (Å²) in [5.41, 5.74) is 6.68. The van der Waals surface area contributed by atoms with Crippen LogP contribution in [0, 0.1) is 0 Å². The van der Waals surface area contributed by atoms with E-state index in [0.717, 1.165) is 12.8 Å². The van der Waals surface area contributed by atoms with Crippen molar-refractivity contribution in [3.63, 3.8) is 0 Å². The first kappa shape index (κ1) is 12.6. The zero-order valence-corrected chi connectivity index (χ0v) is 10.3. The highest BCUT2D eigenvalue weighted by Crippen LogP contribution is 2.19. The van der Waals surface area contributed by atoms with E-state index in [9.17, 15) is 9.59 Å². The third-order valence-electron chi connectivity index (χ3n) is 2.74. The largest absolute Gasteiger partial charge is 0.349 e. The van der Waals surface area contributed by atoms with Gasteiger partial charge in [-0.25, -0.2) is 0 Å². The van der Waals surface area contributed by atoms with Gasteiger partial charge in [-0.1, -0.05) is 0 Å². The summed E-state index contributed by atoms with van der Waals surface area (Å²) in [6.45, 7) is 1.62. The number of nitrogens with two attached hydrogens (primary N) is 1. The lowest BCUT2D eigenvalue weighted by molar-refractivity contribution is -0.117. The highest BCUT2D eigenvalue weighted by Gasteiger charge is 2.23. The van der Waals surface area contributed by atoms with E-state index in [2.05, 4.69) is 10.6 Å². The van der Waals surface area contributed by atoms with Gasteiger partial charge >= 0.3 is 0 Å². The normalized spacial score (nSPS) is 15.9. The van der Waals surface area contributed by atoms with Crippen LogP contribution in [-0.2, 0) is 4.79 Å². The third-order valence-corrected chi connectivity index (χ3v) is 2.74. The minimum Gasteiger partial charge on any atom is -0.349 e. The van der Waals surface area contributed by atoms with Crippen LogP contribution in [0.3, 0.4) is 0 Å². The summed E-state index contributed by atoms with van der Waals surface area (Å²) < 4.78 is 0. The molecule has 0 aromatic heterocycles. The molecule has 1 aliphatic rings. The summed E-state index contributed by atoms with van der Waals surface area (Å²) in [6.07, 6.45) is 2.13. The zero-order chi connectivity index (χ0) is 13.1. The maximum atomic E-state index is 11.7. The average Bonchev–Trinajstić information content (AvgIpc) is 3.13. The molecule has 0 aliphatic heterocycles. The van der Waals surface area contributed by atoms with E-state index in [4.69, 9.17) is 5.73 Å². The third kappa shape index (κ3) is 3.30. The molecule has 0 saturated heterocycles. The summed E-state index contributed by atoms with van der Waals surface area (Å²) in [7, 11) is 0. The van der Waals surface area contributed by atoms with Gasteiger partial charge in [0.2, 0.25) is 5.91 Å². The van der Waals surface area contributed by atoms with Crippen molar-refractivity contribution in [2.75, 3.05) is 5.32 Å². The molecule has 0 bridgehead atoms. The number of carbonyl (C=O) groups excluding carboxylic acids is 2. The van der Waals surface area contributed by atoms with E-state index in [1.807, 2.05) is 0 Å². The molecule has 1 fully saturated rings. The molecule has 4 N–H and O–H groups in total. The second kappa shape index (κ2) is 5.18. The van der Waals surface area contributed by atoms with Crippen LogP contribution in [0.2, 0.25) is 0 Å². The Bertz CT molecular complexity index is 450. The number of hydrogen-bond acceptors (Lipinski definition) is 3. The highest BCUT2D eigenvalue weighted by atomic mass is 16.2.